The molecule has 0 heterocycles. The lowest BCUT2D eigenvalue weighted by Crippen LogP contribution is -2.29. The van der Waals surface area contributed by atoms with Crippen molar-refractivity contribution in [1.82, 2.24) is 9.62 Å². The Bertz CT molecular complexity index is 555. The molecule has 1 aromatic carbocycles. The Labute approximate surface area is 126 Å². The van der Waals surface area contributed by atoms with Gasteiger partial charge < -0.3 is 10.1 Å². The highest BCUT2D eigenvalue weighted by molar-refractivity contribution is 7.88. The van der Waals surface area contributed by atoms with Crippen LogP contribution in [0.2, 0.25) is 0 Å². The van der Waals surface area contributed by atoms with Crippen molar-refractivity contribution in [3.05, 3.63) is 29.8 Å². The molecule has 0 saturated carbocycles. The van der Waals surface area contributed by atoms with E-state index in [0.29, 0.717) is 18.8 Å². The number of nitrogens with zero attached hydrogens (tertiary/aromatic N) is 1. The summed E-state index contributed by atoms with van der Waals surface area (Å²) < 4.78 is 29.3. The summed E-state index contributed by atoms with van der Waals surface area (Å²) in [6.45, 7) is 2.89. The minimum Gasteiger partial charge on any atom is -0.484 e. The highest BCUT2D eigenvalue weighted by atomic mass is 32.2. The van der Waals surface area contributed by atoms with Gasteiger partial charge in [-0.15, -0.1) is 0 Å². The van der Waals surface area contributed by atoms with E-state index in [-0.39, 0.29) is 12.5 Å². The molecule has 1 rings (SSSR count). The van der Waals surface area contributed by atoms with E-state index >= 15 is 0 Å². The third kappa shape index (κ3) is 6.59. The van der Waals surface area contributed by atoms with Crippen LogP contribution in [0, 0.1) is 0 Å². The largest absolute Gasteiger partial charge is 0.484 e. The first kappa shape index (κ1) is 17.5. The zero-order valence-corrected chi connectivity index (χ0v) is 13.4. The number of amides is 1. The van der Waals surface area contributed by atoms with E-state index in [2.05, 4.69) is 5.32 Å². The molecular formula is C14H22N2O4S. The maximum atomic E-state index is 11.4. The number of benzene rings is 1. The third-order valence-corrected chi connectivity index (χ3v) is 4.10. The quantitative estimate of drug-likeness (QED) is 0.776. The van der Waals surface area contributed by atoms with Crippen molar-refractivity contribution >= 4 is 15.9 Å². The molecule has 0 spiro atoms. The lowest BCUT2D eigenvalue weighted by Gasteiger charge is -2.14. The van der Waals surface area contributed by atoms with Gasteiger partial charge in [0.2, 0.25) is 10.0 Å². The van der Waals surface area contributed by atoms with Gasteiger partial charge >= 0.3 is 0 Å². The standard InChI is InChI=1S/C14H22N2O4S/c1-4-9-15-14(17)11-20-13-7-5-12(6-8-13)10-16(2)21(3,18)19/h5-8H,4,9-11H2,1-3H3,(H,15,17). The Morgan fingerprint density at radius 2 is 1.90 bits per heavy atom. The van der Waals surface area contributed by atoms with E-state index in [1.54, 1.807) is 24.3 Å². The molecule has 0 aliphatic rings. The summed E-state index contributed by atoms with van der Waals surface area (Å²) in [6.07, 6.45) is 2.05. The summed E-state index contributed by atoms with van der Waals surface area (Å²) in [5.41, 5.74) is 0.853. The molecule has 0 saturated heterocycles. The van der Waals surface area contributed by atoms with Crippen LogP contribution in [0.4, 0.5) is 0 Å². The molecule has 6 nitrogen and oxygen atoms in total. The molecule has 1 N–H and O–H groups in total. The normalized spacial score (nSPS) is 11.4. The summed E-state index contributed by atoms with van der Waals surface area (Å²) in [5.74, 6) is 0.421. The highest BCUT2D eigenvalue weighted by Crippen LogP contribution is 2.14. The highest BCUT2D eigenvalue weighted by Gasteiger charge is 2.11. The molecule has 0 aliphatic carbocycles. The molecule has 1 aromatic rings. The maximum Gasteiger partial charge on any atom is 0.257 e. The average molecular weight is 314 g/mol. The van der Waals surface area contributed by atoms with E-state index in [4.69, 9.17) is 4.74 Å². The molecule has 0 atom stereocenters. The zero-order chi connectivity index (χ0) is 15.9. The molecule has 0 aliphatic heterocycles. The van der Waals surface area contributed by atoms with Gasteiger partial charge in [0.25, 0.3) is 5.91 Å². The van der Waals surface area contributed by atoms with Crippen LogP contribution < -0.4 is 10.1 Å². The maximum absolute atomic E-state index is 11.4. The number of carbonyl (C=O) groups excluding carboxylic acids is 1. The monoisotopic (exact) mass is 314 g/mol. The zero-order valence-electron chi connectivity index (χ0n) is 12.6. The number of ether oxygens (including phenoxy) is 1. The molecule has 0 fully saturated rings. The van der Waals surface area contributed by atoms with Crippen molar-refractivity contribution in [3.63, 3.8) is 0 Å². The van der Waals surface area contributed by atoms with Crippen LogP contribution in [-0.4, -0.2) is 45.1 Å². The summed E-state index contributed by atoms with van der Waals surface area (Å²) in [5, 5.41) is 2.72. The van der Waals surface area contributed by atoms with Gasteiger partial charge in [-0.1, -0.05) is 19.1 Å². The number of nitrogens with one attached hydrogen (secondary N) is 1. The molecule has 0 aromatic heterocycles. The van der Waals surface area contributed by atoms with Crippen LogP contribution in [0.15, 0.2) is 24.3 Å². The van der Waals surface area contributed by atoms with Crippen molar-refractivity contribution in [2.24, 2.45) is 0 Å². The number of hydrogen-bond acceptors (Lipinski definition) is 4. The molecule has 1 amide bonds. The minimum absolute atomic E-state index is 0.0252. The number of carbonyl (C=O) groups is 1. The van der Waals surface area contributed by atoms with Crippen LogP contribution in [0.5, 0.6) is 5.75 Å². The molecule has 118 valence electrons. The first-order valence-electron chi connectivity index (χ1n) is 6.72. The lowest BCUT2D eigenvalue weighted by atomic mass is 10.2. The van der Waals surface area contributed by atoms with Gasteiger partial charge in [0, 0.05) is 20.1 Å². The smallest absolute Gasteiger partial charge is 0.257 e. The van der Waals surface area contributed by atoms with Crippen LogP contribution >= 0.6 is 0 Å². The van der Waals surface area contributed by atoms with E-state index in [1.807, 2.05) is 6.92 Å². The lowest BCUT2D eigenvalue weighted by molar-refractivity contribution is -0.123. The van der Waals surface area contributed by atoms with Gasteiger partial charge in [-0.3, -0.25) is 4.79 Å². The SMILES string of the molecule is CCCNC(=O)COc1ccc(CN(C)S(C)(=O)=O)cc1. The van der Waals surface area contributed by atoms with E-state index in [1.165, 1.54) is 17.6 Å². The Morgan fingerprint density at radius 1 is 1.29 bits per heavy atom. The molecule has 0 bridgehead atoms. The van der Waals surface area contributed by atoms with Crippen molar-refractivity contribution in [3.8, 4) is 5.75 Å². The number of rotatable bonds is 8. The predicted molar refractivity (Wildman–Crippen MR) is 81.5 cm³/mol. The number of hydrogen-bond donors (Lipinski definition) is 1. The minimum atomic E-state index is -3.19. The fourth-order valence-corrected chi connectivity index (χ4v) is 1.91. The topological polar surface area (TPSA) is 75.7 Å². The first-order chi connectivity index (χ1) is 9.82. The summed E-state index contributed by atoms with van der Waals surface area (Å²) in [6, 6.07) is 7.00. The summed E-state index contributed by atoms with van der Waals surface area (Å²) >= 11 is 0. The van der Waals surface area contributed by atoms with Crippen molar-refractivity contribution in [1.29, 1.82) is 0 Å². The van der Waals surface area contributed by atoms with E-state index < -0.39 is 10.0 Å². The number of sulfonamides is 1. The summed E-state index contributed by atoms with van der Waals surface area (Å²) in [7, 11) is -1.67. The van der Waals surface area contributed by atoms with Gasteiger partial charge in [0.05, 0.1) is 6.26 Å². The second-order valence-electron chi connectivity index (χ2n) is 4.80. The van der Waals surface area contributed by atoms with Crippen LogP contribution in [0.1, 0.15) is 18.9 Å². The molecule has 21 heavy (non-hydrogen) atoms. The molecule has 0 radical (unpaired) electrons. The van der Waals surface area contributed by atoms with Gasteiger partial charge in [0.15, 0.2) is 6.61 Å². The van der Waals surface area contributed by atoms with Crippen molar-refractivity contribution in [2.75, 3.05) is 26.5 Å². The average Bonchev–Trinajstić information content (AvgIpc) is 2.43. The second kappa shape index (κ2) is 7.99. The Kier molecular flexibility index (Phi) is 6.64. The van der Waals surface area contributed by atoms with Crippen LogP contribution in [0.25, 0.3) is 0 Å². The van der Waals surface area contributed by atoms with Crippen LogP contribution in [-0.2, 0) is 21.4 Å². The fourth-order valence-electron chi connectivity index (χ4n) is 1.53. The molecular weight excluding hydrogens is 292 g/mol. The van der Waals surface area contributed by atoms with Gasteiger partial charge in [-0.05, 0) is 24.1 Å². The second-order valence-corrected chi connectivity index (χ2v) is 6.89. The summed E-state index contributed by atoms with van der Waals surface area (Å²) in [4.78, 5) is 11.4. The van der Waals surface area contributed by atoms with Crippen molar-refractivity contribution < 1.29 is 17.9 Å². The predicted octanol–water partition coefficient (Wildman–Crippen LogP) is 0.983. The Morgan fingerprint density at radius 3 is 2.43 bits per heavy atom. The molecule has 7 heteroatoms. The first-order valence-corrected chi connectivity index (χ1v) is 8.57. The Balaban J connectivity index is 2.49. The van der Waals surface area contributed by atoms with Gasteiger partial charge in [-0.25, -0.2) is 12.7 Å². The van der Waals surface area contributed by atoms with Crippen LogP contribution in [0.3, 0.4) is 0 Å². The Hall–Kier alpha value is -1.60. The van der Waals surface area contributed by atoms with Gasteiger partial charge in [-0.2, -0.15) is 0 Å². The van der Waals surface area contributed by atoms with Gasteiger partial charge in [0.1, 0.15) is 5.75 Å². The fraction of sp³-hybridized carbons (Fsp3) is 0.500. The molecule has 0 unspecified atom stereocenters. The van der Waals surface area contributed by atoms with E-state index in [0.717, 1.165) is 12.0 Å². The van der Waals surface area contributed by atoms with E-state index in [9.17, 15) is 13.2 Å². The third-order valence-electron chi connectivity index (χ3n) is 2.84. The van der Waals surface area contributed by atoms with Crippen molar-refractivity contribution in [2.45, 2.75) is 19.9 Å².